The number of anilines is 2. The van der Waals surface area contributed by atoms with E-state index < -0.39 is 0 Å². The number of carbonyl (C=O) groups excluding carboxylic acids is 1. The zero-order valence-electron chi connectivity index (χ0n) is 11.8. The van der Waals surface area contributed by atoms with Gasteiger partial charge in [0.2, 0.25) is 5.91 Å². The highest BCUT2D eigenvalue weighted by Crippen LogP contribution is 2.30. The van der Waals surface area contributed by atoms with Gasteiger partial charge in [0.25, 0.3) is 0 Å². The number of aryl methyl sites for hydroxylation is 1. The third-order valence-corrected chi connectivity index (χ3v) is 4.43. The summed E-state index contributed by atoms with van der Waals surface area (Å²) in [6.07, 6.45) is 0. The fraction of sp³-hybridized carbons (Fsp3) is 0.188. The third kappa shape index (κ3) is 4.22. The Morgan fingerprint density at radius 2 is 1.86 bits per heavy atom. The first-order chi connectivity index (χ1) is 9.97. The molecule has 2 N–H and O–H groups in total. The van der Waals surface area contributed by atoms with Crippen LogP contribution in [0.15, 0.2) is 46.9 Å². The first kappa shape index (κ1) is 15.9. The molecule has 2 aromatic carbocycles. The van der Waals surface area contributed by atoms with Crippen molar-refractivity contribution in [3.8, 4) is 0 Å². The summed E-state index contributed by atoms with van der Waals surface area (Å²) in [4.78, 5) is 12.2. The van der Waals surface area contributed by atoms with Gasteiger partial charge in [-0.1, -0.05) is 35.4 Å². The number of carbonyl (C=O) groups is 1. The van der Waals surface area contributed by atoms with Gasteiger partial charge in [-0.15, -0.1) is 0 Å². The van der Waals surface area contributed by atoms with Crippen LogP contribution in [0.1, 0.15) is 12.5 Å². The van der Waals surface area contributed by atoms with Crippen molar-refractivity contribution in [2.45, 2.75) is 19.9 Å². The zero-order valence-corrected chi connectivity index (χ0v) is 14.1. The summed E-state index contributed by atoms with van der Waals surface area (Å²) in [5, 5.41) is 6.62. The molecule has 2 aromatic rings. The Kier molecular flexibility index (Phi) is 5.26. The van der Waals surface area contributed by atoms with Crippen LogP contribution in [0, 0.1) is 6.92 Å². The number of nitrogens with one attached hydrogen (secondary N) is 2. The summed E-state index contributed by atoms with van der Waals surface area (Å²) in [6.45, 7) is 3.81. The largest absolute Gasteiger partial charge is 0.373 e. The first-order valence-corrected chi connectivity index (χ1v) is 7.72. The Labute approximate surface area is 137 Å². The van der Waals surface area contributed by atoms with Crippen LogP contribution in [0.4, 0.5) is 11.4 Å². The Morgan fingerprint density at radius 1 is 1.19 bits per heavy atom. The van der Waals surface area contributed by atoms with Crippen molar-refractivity contribution in [2.75, 3.05) is 10.6 Å². The van der Waals surface area contributed by atoms with Crippen LogP contribution >= 0.6 is 27.5 Å². The van der Waals surface area contributed by atoms with E-state index in [4.69, 9.17) is 11.6 Å². The van der Waals surface area contributed by atoms with E-state index in [9.17, 15) is 4.79 Å². The highest BCUT2D eigenvalue weighted by molar-refractivity contribution is 9.10. The molecule has 1 amide bonds. The van der Waals surface area contributed by atoms with Crippen LogP contribution in [0.25, 0.3) is 0 Å². The molecule has 0 heterocycles. The molecule has 0 aliphatic carbocycles. The average molecular weight is 368 g/mol. The quantitative estimate of drug-likeness (QED) is 0.811. The van der Waals surface area contributed by atoms with E-state index >= 15 is 0 Å². The number of hydrogen-bond donors (Lipinski definition) is 2. The van der Waals surface area contributed by atoms with E-state index in [1.54, 1.807) is 13.0 Å². The van der Waals surface area contributed by atoms with Crippen molar-refractivity contribution in [3.63, 3.8) is 0 Å². The van der Waals surface area contributed by atoms with Gasteiger partial charge in [-0.2, -0.15) is 0 Å². The monoisotopic (exact) mass is 366 g/mol. The molecule has 0 spiro atoms. The van der Waals surface area contributed by atoms with E-state index in [0.29, 0.717) is 5.02 Å². The van der Waals surface area contributed by atoms with Gasteiger partial charge in [-0.05, 0) is 54.0 Å². The summed E-state index contributed by atoms with van der Waals surface area (Å²) >= 11 is 9.44. The van der Waals surface area contributed by atoms with Gasteiger partial charge in [0.05, 0.1) is 15.2 Å². The molecular weight excluding hydrogens is 352 g/mol. The van der Waals surface area contributed by atoms with Crippen LogP contribution < -0.4 is 10.6 Å². The fourth-order valence-electron chi connectivity index (χ4n) is 1.80. The minimum atomic E-state index is -0.388. The van der Waals surface area contributed by atoms with Crippen LogP contribution in [0.2, 0.25) is 5.02 Å². The first-order valence-electron chi connectivity index (χ1n) is 6.55. The lowest BCUT2D eigenvalue weighted by Gasteiger charge is -2.17. The smallest absolute Gasteiger partial charge is 0.246 e. The molecule has 0 aliphatic rings. The molecule has 1 unspecified atom stereocenters. The topological polar surface area (TPSA) is 41.1 Å². The number of amides is 1. The van der Waals surface area contributed by atoms with Gasteiger partial charge in [0.1, 0.15) is 6.04 Å². The number of rotatable bonds is 4. The molecule has 0 aliphatic heterocycles. The molecule has 0 aromatic heterocycles. The van der Waals surface area contributed by atoms with Gasteiger partial charge in [0.15, 0.2) is 0 Å². The summed E-state index contributed by atoms with van der Waals surface area (Å²) < 4.78 is 0.752. The van der Waals surface area contributed by atoms with Crippen LogP contribution in [0.5, 0.6) is 0 Å². The second kappa shape index (κ2) is 6.96. The van der Waals surface area contributed by atoms with Gasteiger partial charge >= 0.3 is 0 Å². The molecule has 21 heavy (non-hydrogen) atoms. The Balaban J connectivity index is 2.02. The van der Waals surface area contributed by atoms with Gasteiger partial charge in [-0.3, -0.25) is 4.79 Å². The lowest BCUT2D eigenvalue weighted by Crippen LogP contribution is -2.32. The molecule has 0 radical (unpaired) electrons. The maximum absolute atomic E-state index is 12.2. The molecule has 3 nitrogen and oxygen atoms in total. The summed E-state index contributed by atoms with van der Waals surface area (Å²) in [7, 11) is 0. The predicted octanol–water partition coefficient (Wildman–Crippen LogP) is 4.85. The molecule has 110 valence electrons. The SMILES string of the molecule is Cc1ccc(NC(=O)C(C)Nc2cccc(Cl)c2Br)cc1. The fourth-order valence-corrected chi connectivity index (χ4v) is 2.35. The van der Waals surface area contributed by atoms with Crippen molar-refractivity contribution in [2.24, 2.45) is 0 Å². The van der Waals surface area contributed by atoms with Gasteiger partial charge in [0, 0.05) is 5.69 Å². The van der Waals surface area contributed by atoms with Gasteiger partial charge in [-0.25, -0.2) is 0 Å². The Bertz CT molecular complexity index is 643. The van der Waals surface area contributed by atoms with Crippen molar-refractivity contribution < 1.29 is 4.79 Å². The van der Waals surface area contributed by atoms with Crippen molar-refractivity contribution >= 4 is 44.8 Å². The zero-order chi connectivity index (χ0) is 15.4. The van der Waals surface area contributed by atoms with E-state index in [0.717, 1.165) is 21.4 Å². The third-order valence-electron chi connectivity index (χ3n) is 3.04. The van der Waals surface area contributed by atoms with E-state index in [-0.39, 0.29) is 11.9 Å². The predicted molar refractivity (Wildman–Crippen MR) is 92.0 cm³/mol. The molecule has 0 fully saturated rings. The minimum Gasteiger partial charge on any atom is -0.373 e. The molecule has 5 heteroatoms. The normalized spacial score (nSPS) is 11.8. The molecule has 0 saturated carbocycles. The molecule has 0 bridgehead atoms. The molecule has 2 rings (SSSR count). The number of hydrogen-bond acceptors (Lipinski definition) is 2. The van der Waals surface area contributed by atoms with Crippen molar-refractivity contribution in [1.29, 1.82) is 0 Å². The van der Waals surface area contributed by atoms with Crippen LogP contribution in [0.3, 0.4) is 0 Å². The standard InChI is InChI=1S/C16H16BrClN2O/c1-10-6-8-12(9-7-10)20-16(21)11(2)19-14-5-3-4-13(18)15(14)17/h3-9,11,19H,1-2H3,(H,20,21). The Morgan fingerprint density at radius 3 is 2.52 bits per heavy atom. The van der Waals surface area contributed by atoms with Crippen LogP contribution in [-0.2, 0) is 4.79 Å². The minimum absolute atomic E-state index is 0.106. The molecule has 1 atom stereocenters. The highest BCUT2D eigenvalue weighted by atomic mass is 79.9. The summed E-state index contributed by atoms with van der Waals surface area (Å²) in [6, 6.07) is 12.8. The number of benzene rings is 2. The second-order valence-corrected chi connectivity index (χ2v) is 6.02. The molecule has 0 saturated heterocycles. The molecular formula is C16H16BrClN2O. The van der Waals surface area contributed by atoms with Crippen molar-refractivity contribution in [3.05, 3.63) is 57.5 Å². The van der Waals surface area contributed by atoms with E-state index in [2.05, 4.69) is 26.6 Å². The second-order valence-electron chi connectivity index (χ2n) is 4.82. The average Bonchev–Trinajstić information content (AvgIpc) is 2.46. The van der Waals surface area contributed by atoms with Crippen molar-refractivity contribution in [1.82, 2.24) is 0 Å². The van der Waals surface area contributed by atoms with Gasteiger partial charge < -0.3 is 10.6 Å². The van der Waals surface area contributed by atoms with E-state index in [1.807, 2.05) is 43.3 Å². The van der Waals surface area contributed by atoms with Crippen LogP contribution in [-0.4, -0.2) is 11.9 Å². The number of halogens is 2. The summed E-state index contributed by atoms with van der Waals surface area (Å²) in [5.41, 5.74) is 2.72. The lowest BCUT2D eigenvalue weighted by molar-refractivity contribution is -0.116. The lowest BCUT2D eigenvalue weighted by atomic mass is 10.2. The van der Waals surface area contributed by atoms with E-state index in [1.165, 1.54) is 0 Å². The maximum Gasteiger partial charge on any atom is 0.246 e. The maximum atomic E-state index is 12.2. The highest BCUT2D eigenvalue weighted by Gasteiger charge is 2.14. The summed E-state index contributed by atoms with van der Waals surface area (Å²) in [5.74, 6) is -0.106. The Hall–Kier alpha value is -1.52.